The van der Waals surface area contributed by atoms with Crippen molar-refractivity contribution >= 4 is 6.09 Å². The van der Waals surface area contributed by atoms with Crippen LogP contribution in [0.3, 0.4) is 0 Å². The first-order valence-corrected chi connectivity index (χ1v) is 9.05. The summed E-state index contributed by atoms with van der Waals surface area (Å²) in [5.41, 5.74) is 1.55. The molecular formula is C19H25FN4O4. The molecule has 1 N–H and O–H groups in total. The largest absolute Gasteiger partial charge is 0.483 e. The maximum atomic E-state index is 14.2. The molecule has 3 heterocycles. The first-order chi connectivity index (χ1) is 13.1. The third-order valence-corrected chi connectivity index (χ3v) is 4.42. The number of aliphatic hydroxyl groups excluding tert-OH is 1. The van der Waals surface area contributed by atoms with Gasteiger partial charge in [0.2, 0.25) is 0 Å². The summed E-state index contributed by atoms with van der Waals surface area (Å²) in [6, 6.07) is 1.46. The van der Waals surface area contributed by atoms with E-state index in [2.05, 4.69) is 10.1 Å². The number of halogens is 1. The van der Waals surface area contributed by atoms with Crippen molar-refractivity contribution in [2.24, 2.45) is 0 Å². The normalized spacial score (nSPS) is 14.8. The Morgan fingerprint density at radius 1 is 1.36 bits per heavy atom. The molecule has 9 heteroatoms. The molecule has 0 spiro atoms. The van der Waals surface area contributed by atoms with E-state index >= 15 is 0 Å². The van der Waals surface area contributed by atoms with Crippen LogP contribution in [0.25, 0.3) is 5.82 Å². The van der Waals surface area contributed by atoms with Crippen molar-refractivity contribution in [1.29, 1.82) is 0 Å². The zero-order chi connectivity index (χ0) is 20.6. The first kappa shape index (κ1) is 20.1. The molecule has 0 bridgehead atoms. The van der Waals surface area contributed by atoms with Gasteiger partial charge in [0.15, 0.2) is 17.4 Å². The van der Waals surface area contributed by atoms with Crippen molar-refractivity contribution < 1.29 is 23.8 Å². The van der Waals surface area contributed by atoms with Crippen LogP contribution in [-0.4, -0.2) is 55.7 Å². The smallest absolute Gasteiger partial charge is 0.410 e. The topological polar surface area (TPSA) is 89.7 Å². The van der Waals surface area contributed by atoms with Crippen molar-refractivity contribution in [3.63, 3.8) is 0 Å². The van der Waals surface area contributed by atoms with Gasteiger partial charge in [0.25, 0.3) is 0 Å². The molecule has 0 aliphatic carbocycles. The van der Waals surface area contributed by atoms with Crippen LogP contribution in [0.1, 0.15) is 37.7 Å². The lowest BCUT2D eigenvalue weighted by molar-refractivity contribution is -0.0229. The molecule has 1 saturated heterocycles. The molecule has 1 aliphatic heterocycles. The molecule has 0 radical (unpaired) electrons. The number of amides is 1. The van der Waals surface area contributed by atoms with Gasteiger partial charge in [-0.05, 0) is 34.6 Å². The fourth-order valence-electron chi connectivity index (χ4n) is 2.91. The number of rotatable bonds is 4. The number of pyridine rings is 1. The Labute approximate surface area is 162 Å². The zero-order valence-corrected chi connectivity index (χ0v) is 16.7. The number of carbonyl (C=O) groups is 1. The van der Waals surface area contributed by atoms with Crippen LogP contribution < -0.4 is 4.74 Å². The molecule has 1 aliphatic rings. The molecule has 0 atom stereocenters. The van der Waals surface area contributed by atoms with Gasteiger partial charge < -0.3 is 19.5 Å². The van der Waals surface area contributed by atoms with Gasteiger partial charge >= 0.3 is 6.09 Å². The second kappa shape index (κ2) is 7.38. The van der Waals surface area contributed by atoms with Gasteiger partial charge in [0.1, 0.15) is 11.7 Å². The Hall–Kier alpha value is -2.68. The maximum absolute atomic E-state index is 14.2. The monoisotopic (exact) mass is 392 g/mol. The lowest BCUT2D eigenvalue weighted by Crippen LogP contribution is -2.57. The highest BCUT2D eigenvalue weighted by atomic mass is 19.1. The van der Waals surface area contributed by atoms with E-state index in [0.717, 1.165) is 11.9 Å². The Bertz CT molecular complexity index is 885. The number of ether oxygens (including phenoxy) is 2. The lowest BCUT2D eigenvalue weighted by atomic mass is 10.1. The van der Waals surface area contributed by atoms with Gasteiger partial charge in [-0.3, -0.25) is 0 Å². The Morgan fingerprint density at radius 2 is 2.04 bits per heavy atom. The number of aromatic nitrogens is 3. The fourth-order valence-corrected chi connectivity index (χ4v) is 2.91. The average molecular weight is 392 g/mol. The molecular weight excluding hydrogens is 367 g/mol. The molecule has 1 amide bonds. The van der Waals surface area contributed by atoms with E-state index < -0.39 is 17.5 Å². The van der Waals surface area contributed by atoms with Crippen LogP contribution in [-0.2, 0) is 11.3 Å². The number of hydrogen-bond acceptors (Lipinski definition) is 6. The second-order valence-corrected chi connectivity index (χ2v) is 7.82. The molecule has 1 fully saturated rings. The summed E-state index contributed by atoms with van der Waals surface area (Å²) in [6.07, 6.45) is 0.331. The van der Waals surface area contributed by atoms with Crippen LogP contribution in [0.2, 0.25) is 0 Å². The highest BCUT2D eigenvalue weighted by Gasteiger charge is 2.35. The van der Waals surface area contributed by atoms with Crippen molar-refractivity contribution in [3.8, 4) is 11.6 Å². The number of nitrogens with zero attached hydrogens (tertiary/aromatic N) is 4. The average Bonchev–Trinajstić information content (AvgIpc) is 2.84. The highest BCUT2D eigenvalue weighted by molar-refractivity contribution is 5.69. The summed E-state index contributed by atoms with van der Waals surface area (Å²) >= 11 is 0. The molecule has 3 rings (SSSR count). The Morgan fingerprint density at radius 3 is 2.61 bits per heavy atom. The van der Waals surface area contributed by atoms with E-state index in [0.29, 0.717) is 30.2 Å². The van der Waals surface area contributed by atoms with E-state index in [1.165, 1.54) is 11.0 Å². The predicted molar refractivity (Wildman–Crippen MR) is 98.9 cm³/mol. The van der Waals surface area contributed by atoms with Crippen LogP contribution >= 0.6 is 0 Å². The minimum Gasteiger partial charge on any atom is -0.483 e. The van der Waals surface area contributed by atoms with Gasteiger partial charge in [-0.25, -0.2) is 18.9 Å². The summed E-state index contributed by atoms with van der Waals surface area (Å²) in [4.78, 5) is 17.6. The first-order valence-electron chi connectivity index (χ1n) is 9.05. The molecule has 8 nitrogen and oxygen atoms in total. The zero-order valence-electron chi connectivity index (χ0n) is 16.7. The molecule has 0 unspecified atom stereocenters. The van der Waals surface area contributed by atoms with E-state index in [9.17, 15) is 14.3 Å². The standard InChI is InChI=1S/C19H25FN4O4/c1-11-14(10-25)12(2)24(22-11)17-6-16(15(20)7-21-17)27-13-8-23(9-13)18(26)28-19(3,4)5/h6-7,13,25H,8-10H2,1-5H3. The Kier molecular flexibility index (Phi) is 5.29. The summed E-state index contributed by atoms with van der Waals surface area (Å²) in [5, 5.41) is 13.8. The third-order valence-electron chi connectivity index (χ3n) is 4.42. The van der Waals surface area contributed by atoms with Gasteiger partial charge in [-0.15, -0.1) is 0 Å². The predicted octanol–water partition coefficient (Wildman–Crippen LogP) is 2.51. The fraction of sp³-hybridized carbons (Fsp3) is 0.526. The van der Waals surface area contributed by atoms with E-state index in [4.69, 9.17) is 9.47 Å². The molecule has 2 aromatic rings. The number of aryl methyl sites for hydroxylation is 1. The lowest BCUT2D eigenvalue weighted by Gasteiger charge is -2.39. The van der Waals surface area contributed by atoms with Gasteiger partial charge in [0, 0.05) is 17.3 Å². The number of aliphatic hydroxyl groups is 1. The summed E-state index contributed by atoms with van der Waals surface area (Å²) in [5.74, 6) is -0.166. The van der Waals surface area contributed by atoms with Crippen LogP contribution in [0, 0.1) is 19.7 Å². The van der Waals surface area contributed by atoms with Crippen molar-refractivity contribution in [2.75, 3.05) is 13.1 Å². The molecule has 28 heavy (non-hydrogen) atoms. The van der Waals surface area contributed by atoms with E-state index in [-0.39, 0.29) is 18.5 Å². The van der Waals surface area contributed by atoms with Crippen molar-refractivity contribution in [1.82, 2.24) is 19.7 Å². The minimum atomic E-state index is -0.594. The second-order valence-electron chi connectivity index (χ2n) is 7.82. The summed E-state index contributed by atoms with van der Waals surface area (Å²) in [6.45, 7) is 9.50. The number of hydrogen-bond donors (Lipinski definition) is 1. The number of likely N-dealkylation sites (tertiary alicyclic amines) is 1. The van der Waals surface area contributed by atoms with Gasteiger partial charge in [-0.2, -0.15) is 5.10 Å². The maximum Gasteiger partial charge on any atom is 0.410 e. The van der Waals surface area contributed by atoms with Crippen LogP contribution in [0.15, 0.2) is 12.3 Å². The quantitative estimate of drug-likeness (QED) is 0.860. The highest BCUT2D eigenvalue weighted by Crippen LogP contribution is 2.25. The minimum absolute atomic E-state index is 0.0388. The molecule has 0 aromatic carbocycles. The summed E-state index contributed by atoms with van der Waals surface area (Å²) in [7, 11) is 0. The van der Waals surface area contributed by atoms with E-state index in [1.807, 2.05) is 6.92 Å². The van der Waals surface area contributed by atoms with Gasteiger partial charge in [0.05, 0.1) is 31.6 Å². The molecule has 0 saturated carbocycles. The van der Waals surface area contributed by atoms with Crippen LogP contribution in [0.5, 0.6) is 5.75 Å². The number of carbonyl (C=O) groups excluding carboxylic acids is 1. The van der Waals surface area contributed by atoms with Crippen LogP contribution in [0.4, 0.5) is 9.18 Å². The molecule has 152 valence electrons. The third kappa shape index (κ3) is 4.09. The van der Waals surface area contributed by atoms with E-state index in [1.54, 1.807) is 32.4 Å². The van der Waals surface area contributed by atoms with Crippen molar-refractivity contribution in [3.05, 3.63) is 35.0 Å². The van der Waals surface area contributed by atoms with Crippen molar-refractivity contribution in [2.45, 2.75) is 52.9 Å². The summed E-state index contributed by atoms with van der Waals surface area (Å²) < 4.78 is 26.7. The SMILES string of the molecule is Cc1nn(-c2cc(OC3CN(C(=O)OC(C)(C)C)C3)c(F)cn2)c(C)c1CO. The Balaban J connectivity index is 1.70. The van der Waals surface area contributed by atoms with Gasteiger partial charge in [-0.1, -0.05) is 0 Å². The molecule has 2 aromatic heterocycles.